The molecule has 0 aliphatic carbocycles. The summed E-state index contributed by atoms with van der Waals surface area (Å²) in [6.07, 6.45) is 5.68. The fourth-order valence-electron chi connectivity index (χ4n) is 3.37. The van der Waals surface area contributed by atoms with Crippen molar-refractivity contribution in [3.63, 3.8) is 0 Å². The molecule has 2 aliphatic heterocycles. The number of piperidine rings is 2. The Bertz CT molecular complexity index is 593. The van der Waals surface area contributed by atoms with Gasteiger partial charge in [0, 0.05) is 38.4 Å². The van der Waals surface area contributed by atoms with Gasteiger partial charge in [-0.15, -0.1) is 0 Å². The molecule has 0 radical (unpaired) electrons. The van der Waals surface area contributed by atoms with Crippen LogP contribution in [0.2, 0.25) is 0 Å². The number of amides is 2. The van der Waals surface area contributed by atoms with Crippen LogP contribution in [0.15, 0.2) is 18.3 Å². The van der Waals surface area contributed by atoms with Crippen LogP contribution in [0, 0.1) is 17.2 Å². The highest BCUT2D eigenvalue weighted by Crippen LogP contribution is 2.19. The zero-order valence-corrected chi connectivity index (χ0v) is 14.2. The molecule has 0 aromatic carbocycles. The first kappa shape index (κ1) is 16.6. The number of carbonyl (C=O) groups excluding carboxylic acids is 1. The van der Waals surface area contributed by atoms with E-state index in [9.17, 15) is 4.79 Å². The number of likely N-dealkylation sites (tertiary alicyclic amines) is 1. The minimum Gasteiger partial charge on any atom is -0.356 e. The van der Waals surface area contributed by atoms with Gasteiger partial charge in [-0.3, -0.25) is 0 Å². The Balaban J connectivity index is 1.46. The molecule has 0 spiro atoms. The van der Waals surface area contributed by atoms with Crippen molar-refractivity contribution in [2.24, 2.45) is 5.92 Å². The maximum absolute atomic E-state index is 12.4. The summed E-state index contributed by atoms with van der Waals surface area (Å²) in [5.41, 5.74) is 0.580. The standard InChI is InChI=1S/C18H25N5O/c1-14-4-8-23(9-5-14)18(24)21-16-6-10-22(11-7-16)17-3-2-15(12-19)13-20-17/h2-3,13-14,16H,4-11H2,1H3,(H,21,24). The molecule has 2 saturated heterocycles. The Kier molecular flexibility index (Phi) is 5.19. The number of anilines is 1. The van der Waals surface area contributed by atoms with Gasteiger partial charge < -0.3 is 15.1 Å². The largest absolute Gasteiger partial charge is 0.356 e. The van der Waals surface area contributed by atoms with Gasteiger partial charge >= 0.3 is 6.03 Å². The topological polar surface area (TPSA) is 72.3 Å². The maximum atomic E-state index is 12.4. The monoisotopic (exact) mass is 327 g/mol. The summed E-state index contributed by atoms with van der Waals surface area (Å²) < 4.78 is 0. The van der Waals surface area contributed by atoms with Gasteiger partial charge in [-0.1, -0.05) is 6.92 Å². The lowest BCUT2D eigenvalue weighted by Gasteiger charge is -2.36. The van der Waals surface area contributed by atoms with E-state index in [1.807, 2.05) is 11.0 Å². The van der Waals surface area contributed by atoms with E-state index in [0.717, 1.165) is 63.6 Å². The second kappa shape index (κ2) is 7.52. The number of carbonyl (C=O) groups is 1. The summed E-state index contributed by atoms with van der Waals surface area (Å²) in [5, 5.41) is 12.0. The fraction of sp³-hybridized carbons (Fsp3) is 0.611. The normalized spacial score (nSPS) is 19.8. The molecular weight excluding hydrogens is 302 g/mol. The highest BCUT2D eigenvalue weighted by Gasteiger charge is 2.25. The van der Waals surface area contributed by atoms with Crippen LogP contribution in [0.5, 0.6) is 0 Å². The summed E-state index contributed by atoms with van der Waals surface area (Å²) in [6.45, 7) is 5.76. The third-order valence-electron chi connectivity index (χ3n) is 5.09. The first-order valence-corrected chi connectivity index (χ1v) is 8.82. The van der Waals surface area contributed by atoms with Crippen LogP contribution >= 0.6 is 0 Å². The van der Waals surface area contributed by atoms with Crippen molar-refractivity contribution >= 4 is 11.8 Å². The molecule has 3 rings (SSSR count). The van der Waals surface area contributed by atoms with E-state index in [0.29, 0.717) is 5.56 Å². The molecular formula is C18H25N5O. The SMILES string of the molecule is CC1CCN(C(=O)NC2CCN(c3ccc(C#N)cn3)CC2)CC1. The number of aromatic nitrogens is 1. The van der Waals surface area contributed by atoms with E-state index in [1.54, 1.807) is 12.3 Å². The number of urea groups is 1. The van der Waals surface area contributed by atoms with Gasteiger partial charge in [0.25, 0.3) is 0 Å². The molecule has 0 saturated carbocycles. The molecule has 2 fully saturated rings. The van der Waals surface area contributed by atoms with E-state index >= 15 is 0 Å². The van der Waals surface area contributed by atoms with Crippen LogP contribution in [0.25, 0.3) is 0 Å². The number of hydrogen-bond donors (Lipinski definition) is 1. The lowest BCUT2D eigenvalue weighted by atomic mass is 9.99. The summed E-state index contributed by atoms with van der Waals surface area (Å²) in [4.78, 5) is 20.9. The lowest BCUT2D eigenvalue weighted by Crippen LogP contribution is -2.51. The van der Waals surface area contributed by atoms with Crippen LogP contribution in [-0.2, 0) is 0 Å². The van der Waals surface area contributed by atoms with E-state index in [-0.39, 0.29) is 12.1 Å². The van der Waals surface area contributed by atoms with Crippen molar-refractivity contribution in [3.8, 4) is 6.07 Å². The van der Waals surface area contributed by atoms with Crippen LogP contribution in [0.3, 0.4) is 0 Å². The van der Waals surface area contributed by atoms with Crippen molar-refractivity contribution in [1.29, 1.82) is 5.26 Å². The van der Waals surface area contributed by atoms with Crippen molar-refractivity contribution in [3.05, 3.63) is 23.9 Å². The van der Waals surface area contributed by atoms with Gasteiger partial charge in [0.2, 0.25) is 0 Å². The van der Waals surface area contributed by atoms with Crippen molar-refractivity contribution in [2.75, 3.05) is 31.1 Å². The summed E-state index contributed by atoms with van der Waals surface area (Å²) >= 11 is 0. The second-order valence-corrected chi connectivity index (χ2v) is 6.90. The van der Waals surface area contributed by atoms with Gasteiger partial charge in [-0.25, -0.2) is 9.78 Å². The Morgan fingerprint density at radius 2 is 1.92 bits per heavy atom. The molecule has 2 aliphatic rings. The summed E-state index contributed by atoms with van der Waals surface area (Å²) in [6, 6.07) is 6.12. The Labute approximate surface area is 143 Å². The second-order valence-electron chi connectivity index (χ2n) is 6.90. The highest BCUT2D eigenvalue weighted by molar-refractivity contribution is 5.74. The summed E-state index contributed by atoms with van der Waals surface area (Å²) in [5.74, 6) is 1.64. The van der Waals surface area contributed by atoms with E-state index in [1.165, 1.54) is 0 Å². The van der Waals surface area contributed by atoms with E-state index in [4.69, 9.17) is 5.26 Å². The number of pyridine rings is 1. The molecule has 0 bridgehead atoms. The molecule has 1 aromatic rings. The van der Waals surface area contributed by atoms with Crippen molar-refractivity contribution in [2.45, 2.75) is 38.6 Å². The zero-order valence-electron chi connectivity index (χ0n) is 14.2. The first-order chi connectivity index (χ1) is 11.7. The average molecular weight is 327 g/mol. The predicted octanol–water partition coefficient (Wildman–Crippen LogP) is 2.36. The predicted molar refractivity (Wildman–Crippen MR) is 92.7 cm³/mol. The third kappa shape index (κ3) is 3.97. The minimum atomic E-state index is 0.0943. The van der Waals surface area contributed by atoms with Crippen LogP contribution < -0.4 is 10.2 Å². The molecule has 3 heterocycles. The van der Waals surface area contributed by atoms with E-state index < -0.39 is 0 Å². The molecule has 6 nitrogen and oxygen atoms in total. The summed E-state index contributed by atoms with van der Waals surface area (Å²) in [7, 11) is 0. The van der Waals surface area contributed by atoms with Gasteiger partial charge in [-0.05, 0) is 43.7 Å². The van der Waals surface area contributed by atoms with Gasteiger partial charge in [0.15, 0.2) is 0 Å². The molecule has 1 aromatic heterocycles. The molecule has 24 heavy (non-hydrogen) atoms. The van der Waals surface area contributed by atoms with Gasteiger partial charge in [0.05, 0.1) is 5.56 Å². The third-order valence-corrected chi connectivity index (χ3v) is 5.09. The number of rotatable bonds is 2. The van der Waals surface area contributed by atoms with Crippen LogP contribution in [0.1, 0.15) is 38.2 Å². The molecule has 6 heteroatoms. The molecule has 2 amide bonds. The Hall–Kier alpha value is -2.29. The Morgan fingerprint density at radius 1 is 1.21 bits per heavy atom. The quantitative estimate of drug-likeness (QED) is 0.905. The Morgan fingerprint density at radius 3 is 2.50 bits per heavy atom. The number of nitriles is 1. The van der Waals surface area contributed by atoms with Gasteiger partial charge in [0.1, 0.15) is 11.9 Å². The number of nitrogens with one attached hydrogen (secondary N) is 1. The highest BCUT2D eigenvalue weighted by atomic mass is 16.2. The van der Waals surface area contributed by atoms with Crippen LogP contribution in [-0.4, -0.2) is 48.1 Å². The molecule has 0 unspecified atom stereocenters. The van der Waals surface area contributed by atoms with Crippen LogP contribution in [0.4, 0.5) is 10.6 Å². The average Bonchev–Trinajstić information content (AvgIpc) is 2.63. The minimum absolute atomic E-state index is 0.0943. The van der Waals surface area contributed by atoms with E-state index in [2.05, 4.69) is 28.2 Å². The molecule has 0 atom stereocenters. The smallest absolute Gasteiger partial charge is 0.317 e. The maximum Gasteiger partial charge on any atom is 0.317 e. The fourth-order valence-corrected chi connectivity index (χ4v) is 3.37. The number of hydrogen-bond acceptors (Lipinski definition) is 4. The van der Waals surface area contributed by atoms with Crippen molar-refractivity contribution < 1.29 is 4.79 Å². The zero-order chi connectivity index (χ0) is 16.9. The number of nitrogens with zero attached hydrogens (tertiary/aromatic N) is 4. The molecule has 128 valence electrons. The lowest BCUT2D eigenvalue weighted by molar-refractivity contribution is 0.168. The van der Waals surface area contributed by atoms with Crippen molar-refractivity contribution in [1.82, 2.24) is 15.2 Å². The van der Waals surface area contributed by atoms with Gasteiger partial charge in [-0.2, -0.15) is 5.26 Å². The molecule has 1 N–H and O–H groups in total. The first-order valence-electron chi connectivity index (χ1n) is 8.82.